The third-order valence-electron chi connectivity index (χ3n) is 2.98. The molecule has 2 rings (SSSR count). The van der Waals surface area contributed by atoms with Crippen LogP contribution in [0.5, 0.6) is 0 Å². The average Bonchev–Trinajstić information content (AvgIpc) is 2.35. The van der Waals surface area contributed by atoms with E-state index in [9.17, 15) is 5.21 Å². The summed E-state index contributed by atoms with van der Waals surface area (Å²) in [6, 6.07) is 3.60. The van der Waals surface area contributed by atoms with Crippen molar-refractivity contribution < 1.29 is 5.21 Å². The van der Waals surface area contributed by atoms with Gasteiger partial charge in [-0.25, -0.2) is 4.98 Å². The van der Waals surface area contributed by atoms with Gasteiger partial charge in [0.15, 0.2) is 5.84 Å². The van der Waals surface area contributed by atoms with Crippen LogP contribution < -0.4 is 5.73 Å². The first kappa shape index (κ1) is 11.7. The van der Waals surface area contributed by atoms with Crippen molar-refractivity contribution >= 4 is 11.7 Å². The summed E-state index contributed by atoms with van der Waals surface area (Å²) >= 11 is 0. The molecule has 1 aliphatic heterocycles. The molecule has 1 saturated heterocycles. The fourth-order valence-corrected chi connectivity index (χ4v) is 1.91. The standard InChI is InChI=1S/C11H17N5O/c1-15-5-7-16(8-6-15)11(14-17)9-3-2-4-13-10(9)12/h2-4,17H,5-8H2,1H3,(H2,12,13)/b14-11+. The van der Waals surface area contributed by atoms with Gasteiger partial charge in [-0.05, 0) is 19.2 Å². The van der Waals surface area contributed by atoms with Crippen LogP contribution in [0.1, 0.15) is 5.56 Å². The van der Waals surface area contributed by atoms with E-state index in [-0.39, 0.29) is 0 Å². The maximum atomic E-state index is 9.17. The highest BCUT2D eigenvalue weighted by atomic mass is 16.4. The minimum Gasteiger partial charge on any atom is -0.409 e. The average molecular weight is 235 g/mol. The monoisotopic (exact) mass is 235 g/mol. The largest absolute Gasteiger partial charge is 0.409 e. The summed E-state index contributed by atoms with van der Waals surface area (Å²) < 4.78 is 0. The summed E-state index contributed by atoms with van der Waals surface area (Å²) in [5.74, 6) is 0.892. The van der Waals surface area contributed by atoms with Gasteiger partial charge in [0.25, 0.3) is 0 Å². The summed E-state index contributed by atoms with van der Waals surface area (Å²) in [6.07, 6.45) is 1.62. The van der Waals surface area contributed by atoms with Crippen LogP contribution in [0.2, 0.25) is 0 Å². The molecule has 92 valence electrons. The number of nitrogens with two attached hydrogens (primary N) is 1. The Morgan fingerprint density at radius 3 is 2.71 bits per heavy atom. The van der Waals surface area contributed by atoms with Gasteiger partial charge < -0.3 is 20.7 Å². The minimum atomic E-state index is 0.388. The molecule has 1 aliphatic rings. The Labute approximate surface area is 100 Å². The number of nitrogen functional groups attached to an aromatic ring is 1. The van der Waals surface area contributed by atoms with Gasteiger partial charge in [-0.1, -0.05) is 5.16 Å². The van der Waals surface area contributed by atoms with Crippen molar-refractivity contribution in [2.75, 3.05) is 39.0 Å². The van der Waals surface area contributed by atoms with Gasteiger partial charge >= 0.3 is 0 Å². The number of nitrogens with zero attached hydrogens (tertiary/aromatic N) is 4. The van der Waals surface area contributed by atoms with Gasteiger partial charge in [-0.3, -0.25) is 0 Å². The molecule has 0 saturated carbocycles. The lowest BCUT2D eigenvalue weighted by molar-refractivity contribution is 0.208. The summed E-state index contributed by atoms with van der Waals surface area (Å²) in [6.45, 7) is 3.53. The Bertz CT molecular complexity index is 412. The van der Waals surface area contributed by atoms with Crippen molar-refractivity contribution in [3.05, 3.63) is 23.9 Å². The normalized spacial score (nSPS) is 18.4. The van der Waals surface area contributed by atoms with Crippen LogP contribution >= 0.6 is 0 Å². The molecule has 0 atom stereocenters. The molecule has 1 aromatic heterocycles. The number of hydrogen-bond acceptors (Lipinski definition) is 5. The first-order valence-electron chi connectivity index (χ1n) is 5.59. The summed E-state index contributed by atoms with van der Waals surface area (Å²) in [5, 5.41) is 12.5. The molecular formula is C11H17N5O. The maximum Gasteiger partial charge on any atom is 0.179 e. The quantitative estimate of drug-likeness (QED) is 0.311. The summed E-state index contributed by atoms with van der Waals surface area (Å²) in [5.41, 5.74) is 6.47. The Morgan fingerprint density at radius 2 is 2.12 bits per heavy atom. The zero-order valence-corrected chi connectivity index (χ0v) is 9.87. The van der Waals surface area contributed by atoms with E-state index in [1.165, 1.54) is 0 Å². The predicted octanol–water partition coefficient (Wildman–Crippen LogP) is 0.0470. The fraction of sp³-hybridized carbons (Fsp3) is 0.455. The van der Waals surface area contributed by atoms with Crippen LogP contribution in [-0.2, 0) is 0 Å². The van der Waals surface area contributed by atoms with Gasteiger partial charge in [-0.2, -0.15) is 0 Å². The zero-order chi connectivity index (χ0) is 12.3. The molecule has 0 radical (unpaired) electrons. The first-order valence-corrected chi connectivity index (χ1v) is 5.59. The van der Waals surface area contributed by atoms with E-state index in [2.05, 4.69) is 22.1 Å². The Morgan fingerprint density at radius 1 is 1.41 bits per heavy atom. The molecule has 1 fully saturated rings. The van der Waals surface area contributed by atoms with Gasteiger partial charge in [-0.15, -0.1) is 0 Å². The molecule has 1 aromatic rings. The number of amidine groups is 1. The number of piperazine rings is 1. The number of pyridine rings is 1. The minimum absolute atomic E-state index is 0.388. The number of likely N-dealkylation sites (N-methyl/N-ethyl adjacent to an activating group) is 1. The lowest BCUT2D eigenvalue weighted by Gasteiger charge is -2.34. The molecular weight excluding hydrogens is 218 g/mol. The lowest BCUT2D eigenvalue weighted by Crippen LogP contribution is -2.47. The van der Waals surface area contributed by atoms with Crippen molar-refractivity contribution in [1.82, 2.24) is 14.8 Å². The second-order valence-corrected chi connectivity index (χ2v) is 4.15. The summed E-state index contributed by atoms with van der Waals surface area (Å²) in [4.78, 5) is 8.26. The molecule has 3 N–H and O–H groups in total. The third-order valence-corrected chi connectivity index (χ3v) is 2.98. The van der Waals surface area contributed by atoms with Crippen molar-refractivity contribution in [3.8, 4) is 0 Å². The maximum absolute atomic E-state index is 9.17. The number of anilines is 1. The highest BCUT2D eigenvalue weighted by Gasteiger charge is 2.21. The number of aromatic nitrogens is 1. The van der Waals surface area contributed by atoms with Gasteiger partial charge in [0.1, 0.15) is 5.82 Å². The van der Waals surface area contributed by atoms with E-state index in [0.717, 1.165) is 26.2 Å². The van der Waals surface area contributed by atoms with Gasteiger partial charge in [0, 0.05) is 32.4 Å². The van der Waals surface area contributed by atoms with E-state index >= 15 is 0 Å². The SMILES string of the molecule is CN1CCN(/C(=N/O)c2cccnc2N)CC1. The molecule has 0 aromatic carbocycles. The zero-order valence-electron chi connectivity index (χ0n) is 9.87. The lowest BCUT2D eigenvalue weighted by atomic mass is 10.2. The fourth-order valence-electron chi connectivity index (χ4n) is 1.91. The van der Waals surface area contributed by atoms with Crippen LogP contribution in [0.15, 0.2) is 23.5 Å². The molecule has 6 nitrogen and oxygen atoms in total. The van der Waals surface area contributed by atoms with Crippen LogP contribution in [0.25, 0.3) is 0 Å². The topological polar surface area (TPSA) is 78.0 Å². The molecule has 0 aliphatic carbocycles. The van der Waals surface area contributed by atoms with Crippen LogP contribution in [0, 0.1) is 0 Å². The van der Waals surface area contributed by atoms with Crippen molar-refractivity contribution in [2.45, 2.75) is 0 Å². The van der Waals surface area contributed by atoms with Crippen LogP contribution in [0.3, 0.4) is 0 Å². The van der Waals surface area contributed by atoms with Crippen LogP contribution in [-0.4, -0.2) is 59.1 Å². The van der Waals surface area contributed by atoms with E-state index in [1.807, 2.05) is 11.0 Å². The Balaban J connectivity index is 2.21. The van der Waals surface area contributed by atoms with E-state index < -0.39 is 0 Å². The van der Waals surface area contributed by atoms with Gasteiger partial charge in [0.05, 0.1) is 5.56 Å². The van der Waals surface area contributed by atoms with Crippen molar-refractivity contribution in [2.24, 2.45) is 5.16 Å². The van der Waals surface area contributed by atoms with E-state index in [0.29, 0.717) is 17.2 Å². The number of rotatable bonds is 1. The number of hydrogen-bond donors (Lipinski definition) is 2. The highest BCUT2D eigenvalue weighted by molar-refractivity contribution is 6.02. The second-order valence-electron chi connectivity index (χ2n) is 4.15. The number of oxime groups is 1. The first-order chi connectivity index (χ1) is 8.22. The summed E-state index contributed by atoms with van der Waals surface area (Å²) in [7, 11) is 2.07. The Hall–Kier alpha value is -1.82. The van der Waals surface area contributed by atoms with Gasteiger partial charge in [0.2, 0.25) is 0 Å². The molecule has 6 heteroatoms. The smallest absolute Gasteiger partial charge is 0.179 e. The third kappa shape index (κ3) is 2.47. The molecule has 0 bridgehead atoms. The highest BCUT2D eigenvalue weighted by Crippen LogP contribution is 2.13. The molecule has 0 amide bonds. The molecule has 2 heterocycles. The van der Waals surface area contributed by atoms with E-state index in [1.54, 1.807) is 12.3 Å². The van der Waals surface area contributed by atoms with Crippen LogP contribution in [0.4, 0.5) is 5.82 Å². The molecule has 0 unspecified atom stereocenters. The predicted molar refractivity (Wildman–Crippen MR) is 66.0 cm³/mol. The molecule has 17 heavy (non-hydrogen) atoms. The Kier molecular flexibility index (Phi) is 3.43. The van der Waals surface area contributed by atoms with Crippen molar-refractivity contribution in [1.29, 1.82) is 0 Å². The van der Waals surface area contributed by atoms with E-state index in [4.69, 9.17) is 5.73 Å². The second kappa shape index (κ2) is 5.01. The molecule has 0 spiro atoms. The van der Waals surface area contributed by atoms with Crippen molar-refractivity contribution in [3.63, 3.8) is 0 Å².